The number of carbonyl (C=O) groups is 1. The molecule has 0 saturated carbocycles. The van der Waals surface area contributed by atoms with Gasteiger partial charge in [-0.25, -0.2) is 8.42 Å². The van der Waals surface area contributed by atoms with Gasteiger partial charge < -0.3 is 19.5 Å². The van der Waals surface area contributed by atoms with Gasteiger partial charge >= 0.3 is 11.8 Å². The standard InChI is InChI=1S/C21H29N5O5S/c1-16-6-9-25(10-7-16)11-8-22-20(27)21-23-19(24-31-21)17-2-4-18(5-3-17)32(28,29)26-12-14-30-15-13-26/h2-5,16H,6-15H2,1H3,(H,22,27). The van der Waals surface area contributed by atoms with Crippen molar-refractivity contribution >= 4 is 15.9 Å². The summed E-state index contributed by atoms with van der Waals surface area (Å²) in [7, 11) is -3.57. The van der Waals surface area contributed by atoms with E-state index in [1.165, 1.54) is 29.3 Å². The number of aromatic nitrogens is 2. The van der Waals surface area contributed by atoms with E-state index in [4.69, 9.17) is 9.26 Å². The largest absolute Gasteiger partial charge is 0.379 e. The summed E-state index contributed by atoms with van der Waals surface area (Å²) in [4.78, 5) is 19.0. The third-order valence-corrected chi connectivity index (χ3v) is 7.84. The van der Waals surface area contributed by atoms with Crippen LogP contribution in [0.25, 0.3) is 11.4 Å². The highest BCUT2D eigenvalue weighted by molar-refractivity contribution is 7.89. The smallest absolute Gasteiger partial charge is 0.316 e. The number of benzene rings is 1. The van der Waals surface area contributed by atoms with Crippen LogP contribution in [-0.4, -0.2) is 86.2 Å². The van der Waals surface area contributed by atoms with Crippen LogP contribution in [-0.2, 0) is 14.8 Å². The maximum atomic E-state index is 12.7. The average Bonchev–Trinajstić information content (AvgIpc) is 3.31. The highest BCUT2D eigenvalue weighted by Crippen LogP contribution is 2.22. The molecule has 2 aliphatic heterocycles. The number of morpholine rings is 1. The average molecular weight is 464 g/mol. The summed E-state index contributed by atoms with van der Waals surface area (Å²) in [6.07, 6.45) is 2.38. The number of likely N-dealkylation sites (tertiary alicyclic amines) is 1. The molecule has 0 atom stereocenters. The molecule has 2 aromatic rings. The van der Waals surface area contributed by atoms with Gasteiger partial charge in [-0.15, -0.1) is 0 Å². The van der Waals surface area contributed by atoms with Crippen LogP contribution in [0.15, 0.2) is 33.7 Å². The molecule has 0 radical (unpaired) electrons. The van der Waals surface area contributed by atoms with Gasteiger partial charge in [-0.05, 0) is 56.1 Å². The molecule has 11 heteroatoms. The second-order valence-electron chi connectivity index (χ2n) is 8.24. The number of sulfonamides is 1. The van der Waals surface area contributed by atoms with Crippen molar-refractivity contribution < 1.29 is 22.5 Å². The van der Waals surface area contributed by atoms with E-state index >= 15 is 0 Å². The molecule has 4 rings (SSSR count). The fourth-order valence-electron chi connectivity index (χ4n) is 3.83. The van der Waals surface area contributed by atoms with Crippen molar-refractivity contribution in [2.24, 2.45) is 5.92 Å². The maximum absolute atomic E-state index is 12.7. The Morgan fingerprint density at radius 2 is 1.81 bits per heavy atom. The van der Waals surface area contributed by atoms with Gasteiger partial charge in [-0.1, -0.05) is 12.1 Å². The lowest BCUT2D eigenvalue weighted by atomic mass is 9.99. The topological polar surface area (TPSA) is 118 Å². The quantitative estimate of drug-likeness (QED) is 0.651. The van der Waals surface area contributed by atoms with E-state index in [-0.39, 0.29) is 16.6 Å². The van der Waals surface area contributed by atoms with E-state index in [0.717, 1.165) is 25.6 Å². The number of hydrogen-bond donors (Lipinski definition) is 1. The number of carbonyl (C=O) groups excluding carboxylic acids is 1. The van der Waals surface area contributed by atoms with E-state index in [9.17, 15) is 13.2 Å². The molecule has 1 amide bonds. The van der Waals surface area contributed by atoms with Gasteiger partial charge in [0.25, 0.3) is 0 Å². The Hall–Kier alpha value is -2.34. The molecule has 2 fully saturated rings. The third-order valence-electron chi connectivity index (χ3n) is 5.93. The number of nitrogens with one attached hydrogen (secondary N) is 1. The molecule has 0 unspecified atom stereocenters. The molecule has 1 N–H and O–H groups in total. The molecular weight excluding hydrogens is 434 g/mol. The van der Waals surface area contributed by atoms with E-state index < -0.39 is 15.9 Å². The number of ether oxygens (including phenoxy) is 1. The molecular formula is C21H29N5O5S. The zero-order chi connectivity index (χ0) is 22.6. The molecule has 1 aromatic carbocycles. The Morgan fingerprint density at radius 3 is 2.50 bits per heavy atom. The summed E-state index contributed by atoms with van der Waals surface area (Å²) in [6, 6.07) is 6.24. The minimum absolute atomic E-state index is 0.114. The SMILES string of the molecule is CC1CCN(CCNC(=O)c2nc(-c3ccc(S(=O)(=O)N4CCOCC4)cc3)no2)CC1. The fraction of sp³-hybridized carbons (Fsp3) is 0.571. The number of amides is 1. The van der Waals surface area contributed by atoms with Crippen LogP contribution in [0.3, 0.4) is 0 Å². The molecule has 32 heavy (non-hydrogen) atoms. The lowest BCUT2D eigenvalue weighted by Crippen LogP contribution is -2.40. The third kappa shape index (κ3) is 5.34. The lowest BCUT2D eigenvalue weighted by molar-refractivity contribution is 0.0730. The van der Waals surface area contributed by atoms with E-state index in [0.29, 0.717) is 38.4 Å². The van der Waals surface area contributed by atoms with E-state index in [2.05, 4.69) is 27.3 Å². The summed E-state index contributed by atoms with van der Waals surface area (Å²) in [5, 5.41) is 6.68. The molecule has 2 aliphatic rings. The molecule has 0 bridgehead atoms. The number of rotatable bonds is 7. The van der Waals surface area contributed by atoms with Crippen LogP contribution in [0.1, 0.15) is 30.5 Å². The molecule has 0 spiro atoms. The minimum Gasteiger partial charge on any atom is -0.379 e. The lowest BCUT2D eigenvalue weighted by Gasteiger charge is -2.29. The van der Waals surface area contributed by atoms with Crippen molar-refractivity contribution in [3.8, 4) is 11.4 Å². The van der Waals surface area contributed by atoms with Gasteiger partial charge in [-0.3, -0.25) is 4.79 Å². The molecule has 3 heterocycles. The predicted octanol–water partition coefficient (Wildman–Crippen LogP) is 1.22. The van der Waals surface area contributed by atoms with Gasteiger partial charge in [0.15, 0.2) is 0 Å². The predicted molar refractivity (Wildman–Crippen MR) is 116 cm³/mol. The first-order valence-corrected chi connectivity index (χ1v) is 12.4. The van der Waals surface area contributed by atoms with Crippen LogP contribution in [0.5, 0.6) is 0 Å². The molecule has 1 aromatic heterocycles. The Balaban J connectivity index is 1.33. The summed E-state index contributed by atoms with van der Waals surface area (Å²) in [6.45, 7) is 7.14. The highest BCUT2D eigenvalue weighted by Gasteiger charge is 2.26. The van der Waals surface area contributed by atoms with Gasteiger partial charge in [0, 0.05) is 31.7 Å². The Labute approximate surface area is 188 Å². The van der Waals surface area contributed by atoms with Gasteiger partial charge in [0.1, 0.15) is 0 Å². The van der Waals surface area contributed by atoms with Crippen LogP contribution < -0.4 is 5.32 Å². The van der Waals surface area contributed by atoms with Gasteiger partial charge in [-0.2, -0.15) is 9.29 Å². The minimum atomic E-state index is -3.57. The van der Waals surface area contributed by atoms with Crippen molar-refractivity contribution in [3.05, 3.63) is 30.2 Å². The number of hydrogen-bond acceptors (Lipinski definition) is 8. The monoisotopic (exact) mass is 463 g/mol. The zero-order valence-electron chi connectivity index (χ0n) is 18.2. The van der Waals surface area contributed by atoms with Crippen molar-refractivity contribution in [2.45, 2.75) is 24.7 Å². The fourth-order valence-corrected chi connectivity index (χ4v) is 5.24. The molecule has 0 aliphatic carbocycles. The van der Waals surface area contributed by atoms with Crippen LogP contribution in [0, 0.1) is 5.92 Å². The Bertz CT molecular complexity index is 1010. The maximum Gasteiger partial charge on any atom is 0.316 e. The number of piperidine rings is 1. The van der Waals surface area contributed by atoms with Crippen LogP contribution in [0.4, 0.5) is 0 Å². The molecule has 174 valence electrons. The highest BCUT2D eigenvalue weighted by atomic mass is 32.2. The summed E-state index contributed by atoms with van der Waals surface area (Å²) in [5.41, 5.74) is 0.566. The second kappa shape index (κ2) is 10.1. The first-order chi connectivity index (χ1) is 15.4. The molecule has 10 nitrogen and oxygen atoms in total. The molecule has 2 saturated heterocycles. The van der Waals surface area contributed by atoms with E-state index in [1.807, 2.05) is 0 Å². The van der Waals surface area contributed by atoms with Crippen LogP contribution in [0.2, 0.25) is 0 Å². The van der Waals surface area contributed by atoms with Crippen molar-refractivity contribution in [2.75, 3.05) is 52.5 Å². The van der Waals surface area contributed by atoms with Gasteiger partial charge in [0.05, 0.1) is 18.1 Å². The van der Waals surface area contributed by atoms with Crippen molar-refractivity contribution in [1.82, 2.24) is 24.7 Å². The van der Waals surface area contributed by atoms with Crippen LogP contribution >= 0.6 is 0 Å². The summed E-state index contributed by atoms with van der Waals surface area (Å²) in [5.74, 6) is 0.472. The van der Waals surface area contributed by atoms with Gasteiger partial charge in [0.2, 0.25) is 15.8 Å². The first kappa shape index (κ1) is 22.8. The zero-order valence-corrected chi connectivity index (χ0v) is 19.0. The Morgan fingerprint density at radius 1 is 1.12 bits per heavy atom. The van der Waals surface area contributed by atoms with E-state index in [1.54, 1.807) is 12.1 Å². The van der Waals surface area contributed by atoms with Crippen molar-refractivity contribution in [1.29, 1.82) is 0 Å². The normalized spacial score (nSPS) is 19.2. The summed E-state index contributed by atoms with van der Waals surface area (Å²) >= 11 is 0. The Kier molecular flexibility index (Phi) is 7.19. The number of nitrogens with zero attached hydrogens (tertiary/aromatic N) is 4. The first-order valence-electron chi connectivity index (χ1n) is 11.0. The summed E-state index contributed by atoms with van der Waals surface area (Å²) < 4.78 is 37.2. The van der Waals surface area contributed by atoms with Crippen molar-refractivity contribution in [3.63, 3.8) is 0 Å². The second-order valence-corrected chi connectivity index (χ2v) is 10.2.